The third-order valence-electron chi connectivity index (χ3n) is 2.00. The largest absolute Gasteiger partial charge is 0.315 e. The van der Waals surface area contributed by atoms with E-state index in [-0.39, 0.29) is 0 Å². The summed E-state index contributed by atoms with van der Waals surface area (Å²) in [5.41, 5.74) is 1.08. The van der Waals surface area contributed by atoms with E-state index in [4.69, 9.17) is 0 Å². The molecule has 0 aliphatic heterocycles. The highest BCUT2D eigenvalue weighted by Gasteiger charge is 2.00. The van der Waals surface area contributed by atoms with Gasteiger partial charge in [0.15, 0.2) is 0 Å². The first kappa shape index (κ1) is 10.1. The molecule has 0 spiro atoms. The molecule has 0 fully saturated rings. The van der Waals surface area contributed by atoms with Crippen LogP contribution in [0.1, 0.15) is 26.0 Å². The van der Waals surface area contributed by atoms with Crippen LogP contribution in [-0.2, 0) is 6.42 Å². The van der Waals surface area contributed by atoms with Crippen molar-refractivity contribution in [2.45, 2.75) is 32.7 Å². The standard InChI is InChI=1S/C10H17N3/c1-3-12-9(2)4-5-10-8-11-6-7-13-10/h6-9,12H,3-5H2,1-2H3. The van der Waals surface area contributed by atoms with Crippen LogP contribution >= 0.6 is 0 Å². The van der Waals surface area contributed by atoms with Gasteiger partial charge in [-0.15, -0.1) is 0 Å². The summed E-state index contributed by atoms with van der Waals surface area (Å²) in [4.78, 5) is 8.25. The number of aromatic nitrogens is 2. The zero-order valence-corrected chi connectivity index (χ0v) is 8.33. The fourth-order valence-electron chi connectivity index (χ4n) is 1.27. The summed E-state index contributed by atoms with van der Waals surface area (Å²) in [7, 11) is 0. The predicted molar refractivity (Wildman–Crippen MR) is 53.5 cm³/mol. The van der Waals surface area contributed by atoms with Gasteiger partial charge in [-0.1, -0.05) is 6.92 Å². The lowest BCUT2D eigenvalue weighted by Crippen LogP contribution is -2.25. The van der Waals surface area contributed by atoms with E-state index in [1.807, 2.05) is 6.20 Å². The summed E-state index contributed by atoms with van der Waals surface area (Å²) in [5.74, 6) is 0. The lowest BCUT2D eigenvalue weighted by Gasteiger charge is -2.10. The molecule has 72 valence electrons. The molecule has 1 N–H and O–H groups in total. The number of nitrogens with one attached hydrogen (secondary N) is 1. The van der Waals surface area contributed by atoms with Crippen molar-refractivity contribution in [1.82, 2.24) is 15.3 Å². The maximum absolute atomic E-state index is 4.22. The highest BCUT2D eigenvalue weighted by molar-refractivity contribution is 4.94. The van der Waals surface area contributed by atoms with Crippen molar-refractivity contribution >= 4 is 0 Å². The second-order valence-electron chi connectivity index (χ2n) is 3.19. The van der Waals surface area contributed by atoms with E-state index in [1.165, 1.54) is 0 Å². The van der Waals surface area contributed by atoms with E-state index in [0.717, 1.165) is 25.1 Å². The molecule has 0 saturated heterocycles. The number of hydrogen-bond acceptors (Lipinski definition) is 3. The smallest absolute Gasteiger partial charge is 0.0587 e. The first-order chi connectivity index (χ1) is 6.33. The van der Waals surface area contributed by atoms with Crippen LogP contribution < -0.4 is 5.32 Å². The minimum atomic E-state index is 0.562. The molecule has 1 unspecified atom stereocenters. The number of rotatable bonds is 5. The number of hydrogen-bond donors (Lipinski definition) is 1. The van der Waals surface area contributed by atoms with E-state index in [9.17, 15) is 0 Å². The molecule has 0 amide bonds. The topological polar surface area (TPSA) is 37.8 Å². The van der Waals surface area contributed by atoms with Crippen LogP contribution in [0.3, 0.4) is 0 Å². The fraction of sp³-hybridized carbons (Fsp3) is 0.600. The van der Waals surface area contributed by atoms with Gasteiger partial charge in [-0.05, 0) is 26.3 Å². The van der Waals surface area contributed by atoms with Crippen LogP contribution in [-0.4, -0.2) is 22.6 Å². The molecule has 0 bridgehead atoms. The van der Waals surface area contributed by atoms with Gasteiger partial charge in [0.25, 0.3) is 0 Å². The van der Waals surface area contributed by atoms with Gasteiger partial charge in [0.2, 0.25) is 0 Å². The molecular formula is C10H17N3. The molecule has 0 aliphatic rings. The normalized spacial score (nSPS) is 12.8. The van der Waals surface area contributed by atoms with Crippen molar-refractivity contribution in [2.75, 3.05) is 6.54 Å². The van der Waals surface area contributed by atoms with Crippen molar-refractivity contribution in [2.24, 2.45) is 0 Å². The molecule has 0 aromatic carbocycles. The molecule has 1 heterocycles. The molecule has 1 aromatic rings. The van der Waals surface area contributed by atoms with Crippen LogP contribution in [0.5, 0.6) is 0 Å². The van der Waals surface area contributed by atoms with E-state index in [1.54, 1.807) is 12.4 Å². The molecule has 13 heavy (non-hydrogen) atoms. The Morgan fingerprint density at radius 1 is 1.46 bits per heavy atom. The average molecular weight is 179 g/mol. The number of aryl methyl sites for hydroxylation is 1. The van der Waals surface area contributed by atoms with Gasteiger partial charge < -0.3 is 5.32 Å². The second-order valence-corrected chi connectivity index (χ2v) is 3.19. The molecule has 1 rings (SSSR count). The molecule has 3 nitrogen and oxygen atoms in total. The lowest BCUT2D eigenvalue weighted by molar-refractivity contribution is 0.527. The molecule has 1 aromatic heterocycles. The second kappa shape index (κ2) is 5.65. The maximum Gasteiger partial charge on any atom is 0.0587 e. The molecule has 0 radical (unpaired) electrons. The van der Waals surface area contributed by atoms with Gasteiger partial charge >= 0.3 is 0 Å². The van der Waals surface area contributed by atoms with Crippen molar-refractivity contribution in [3.63, 3.8) is 0 Å². The highest BCUT2D eigenvalue weighted by atomic mass is 14.9. The predicted octanol–water partition coefficient (Wildman–Crippen LogP) is 1.41. The Bertz CT molecular complexity index is 223. The van der Waals surface area contributed by atoms with E-state index < -0.39 is 0 Å². The van der Waals surface area contributed by atoms with Crippen LogP contribution in [0.4, 0.5) is 0 Å². The van der Waals surface area contributed by atoms with Crippen molar-refractivity contribution < 1.29 is 0 Å². The first-order valence-electron chi connectivity index (χ1n) is 4.81. The lowest BCUT2D eigenvalue weighted by atomic mass is 10.1. The van der Waals surface area contributed by atoms with Crippen LogP contribution in [0.15, 0.2) is 18.6 Å². The Hall–Kier alpha value is -0.960. The van der Waals surface area contributed by atoms with E-state index in [0.29, 0.717) is 6.04 Å². The Kier molecular flexibility index (Phi) is 4.40. The first-order valence-corrected chi connectivity index (χ1v) is 4.81. The van der Waals surface area contributed by atoms with Gasteiger partial charge in [0.1, 0.15) is 0 Å². The van der Waals surface area contributed by atoms with E-state index >= 15 is 0 Å². The molecule has 0 aliphatic carbocycles. The Balaban J connectivity index is 2.27. The summed E-state index contributed by atoms with van der Waals surface area (Å²) in [5, 5.41) is 3.37. The summed E-state index contributed by atoms with van der Waals surface area (Å²) >= 11 is 0. The van der Waals surface area contributed by atoms with E-state index in [2.05, 4.69) is 29.1 Å². The quantitative estimate of drug-likeness (QED) is 0.742. The van der Waals surface area contributed by atoms with Crippen molar-refractivity contribution in [3.8, 4) is 0 Å². The van der Waals surface area contributed by atoms with Crippen LogP contribution in [0.25, 0.3) is 0 Å². The molecule has 0 saturated carbocycles. The zero-order chi connectivity index (χ0) is 9.52. The zero-order valence-electron chi connectivity index (χ0n) is 8.33. The maximum atomic E-state index is 4.22. The summed E-state index contributed by atoms with van der Waals surface area (Å²) in [6.45, 7) is 5.35. The van der Waals surface area contributed by atoms with Gasteiger partial charge in [0.05, 0.1) is 5.69 Å². The minimum absolute atomic E-state index is 0.562. The third kappa shape index (κ3) is 3.99. The van der Waals surface area contributed by atoms with Crippen molar-refractivity contribution in [1.29, 1.82) is 0 Å². The van der Waals surface area contributed by atoms with Crippen LogP contribution in [0, 0.1) is 0 Å². The Morgan fingerprint density at radius 2 is 2.31 bits per heavy atom. The minimum Gasteiger partial charge on any atom is -0.315 e. The Morgan fingerprint density at radius 3 is 2.92 bits per heavy atom. The van der Waals surface area contributed by atoms with Crippen molar-refractivity contribution in [3.05, 3.63) is 24.3 Å². The molecular weight excluding hydrogens is 162 g/mol. The van der Waals surface area contributed by atoms with Gasteiger partial charge in [-0.3, -0.25) is 9.97 Å². The molecule has 1 atom stereocenters. The van der Waals surface area contributed by atoms with Gasteiger partial charge in [-0.25, -0.2) is 0 Å². The average Bonchev–Trinajstić information content (AvgIpc) is 2.17. The highest BCUT2D eigenvalue weighted by Crippen LogP contribution is 1.99. The number of nitrogens with zero attached hydrogens (tertiary/aromatic N) is 2. The fourth-order valence-corrected chi connectivity index (χ4v) is 1.27. The molecule has 3 heteroatoms. The van der Waals surface area contributed by atoms with Gasteiger partial charge in [-0.2, -0.15) is 0 Å². The monoisotopic (exact) mass is 179 g/mol. The van der Waals surface area contributed by atoms with Crippen LogP contribution in [0.2, 0.25) is 0 Å². The summed E-state index contributed by atoms with van der Waals surface area (Å²) in [6, 6.07) is 0.562. The summed E-state index contributed by atoms with van der Waals surface area (Å²) in [6.07, 6.45) is 7.40. The van der Waals surface area contributed by atoms with Gasteiger partial charge in [0, 0.05) is 24.6 Å². The third-order valence-corrected chi connectivity index (χ3v) is 2.00. The SMILES string of the molecule is CCNC(C)CCc1cnccn1. The Labute approximate surface area is 79.6 Å². The summed E-state index contributed by atoms with van der Waals surface area (Å²) < 4.78 is 0.